The third-order valence-corrected chi connectivity index (χ3v) is 5.64. The van der Waals surface area contributed by atoms with Crippen LogP contribution in [0.15, 0.2) is 23.1 Å². The minimum absolute atomic E-state index is 0.00407. The summed E-state index contributed by atoms with van der Waals surface area (Å²) < 4.78 is 27.4. The molecule has 1 aromatic rings. The lowest BCUT2D eigenvalue weighted by Crippen LogP contribution is -2.33. The minimum atomic E-state index is -3.47. The highest BCUT2D eigenvalue weighted by Gasteiger charge is 2.22. The first-order chi connectivity index (χ1) is 11.0. The number of sulfonamides is 1. The number of unbranched alkanes of at least 4 members (excludes halogenated alkanes) is 3. The van der Waals surface area contributed by atoms with Crippen molar-refractivity contribution in [3.63, 3.8) is 0 Å². The topological polar surface area (TPSA) is 66.5 Å². The number of aryl methyl sites for hydroxylation is 1. The molecule has 1 heterocycles. The van der Waals surface area contributed by atoms with Crippen LogP contribution in [-0.2, 0) is 21.2 Å². The third kappa shape index (κ3) is 4.54. The number of hydrogen-bond acceptors (Lipinski definition) is 3. The van der Waals surface area contributed by atoms with Crippen LogP contribution in [0.2, 0.25) is 0 Å². The molecule has 5 nitrogen and oxygen atoms in total. The van der Waals surface area contributed by atoms with Gasteiger partial charge in [0, 0.05) is 25.7 Å². The average Bonchev–Trinajstić information content (AvgIpc) is 2.53. The minimum Gasteiger partial charge on any atom is -0.312 e. The Kier molecular flexibility index (Phi) is 6.18. The third-order valence-electron chi connectivity index (χ3n) is 4.18. The van der Waals surface area contributed by atoms with Crippen molar-refractivity contribution in [1.29, 1.82) is 0 Å². The summed E-state index contributed by atoms with van der Waals surface area (Å²) in [4.78, 5) is 13.7. The van der Waals surface area contributed by atoms with Gasteiger partial charge in [0.25, 0.3) is 0 Å². The summed E-state index contributed by atoms with van der Waals surface area (Å²) in [6.07, 6.45) is 5.82. The van der Waals surface area contributed by atoms with Gasteiger partial charge in [0.1, 0.15) is 0 Å². The SMILES string of the molecule is CCCCCCNS(=O)(=O)c1ccc2c(c1)CCCN2C(C)=O. The molecule has 0 aliphatic carbocycles. The molecule has 0 unspecified atom stereocenters. The number of anilines is 1. The predicted octanol–water partition coefficient (Wildman–Crippen LogP) is 2.84. The Morgan fingerprint density at radius 2 is 2.04 bits per heavy atom. The van der Waals surface area contributed by atoms with Gasteiger partial charge in [-0.2, -0.15) is 0 Å². The molecule has 6 heteroatoms. The maximum Gasteiger partial charge on any atom is 0.240 e. The van der Waals surface area contributed by atoms with Gasteiger partial charge in [0.2, 0.25) is 15.9 Å². The van der Waals surface area contributed by atoms with E-state index < -0.39 is 10.0 Å². The first-order valence-corrected chi connectivity index (χ1v) is 9.84. The van der Waals surface area contributed by atoms with Crippen molar-refractivity contribution >= 4 is 21.6 Å². The first kappa shape index (κ1) is 17.9. The van der Waals surface area contributed by atoms with Crippen molar-refractivity contribution in [2.45, 2.75) is 57.3 Å². The van der Waals surface area contributed by atoms with Gasteiger partial charge in [-0.15, -0.1) is 0 Å². The van der Waals surface area contributed by atoms with Gasteiger partial charge in [0.15, 0.2) is 0 Å². The number of nitrogens with one attached hydrogen (secondary N) is 1. The van der Waals surface area contributed by atoms with Gasteiger partial charge < -0.3 is 4.90 Å². The van der Waals surface area contributed by atoms with Crippen LogP contribution in [0.1, 0.15) is 51.5 Å². The van der Waals surface area contributed by atoms with Crippen LogP contribution in [-0.4, -0.2) is 27.4 Å². The zero-order valence-corrected chi connectivity index (χ0v) is 14.8. The van der Waals surface area contributed by atoms with Crippen molar-refractivity contribution in [1.82, 2.24) is 4.72 Å². The fourth-order valence-corrected chi connectivity index (χ4v) is 4.03. The molecule has 0 aromatic heterocycles. The van der Waals surface area contributed by atoms with E-state index in [1.807, 2.05) is 0 Å². The van der Waals surface area contributed by atoms with Crippen LogP contribution < -0.4 is 9.62 Å². The summed E-state index contributed by atoms with van der Waals surface area (Å²) in [6.45, 7) is 4.84. The van der Waals surface area contributed by atoms with E-state index in [1.165, 1.54) is 6.92 Å². The summed E-state index contributed by atoms with van der Waals surface area (Å²) in [7, 11) is -3.47. The number of fused-ring (bicyclic) bond motifs is 1. The maximum absolute atomic E-state index is 12.4. The molecule has 1 N–H and O–H groups in total. The van der Waals surface area contributed by atoms with Gasteiger partial charge in [0.05, 0.1) is 4.90 Å². The Morgan fingerprint density at radius 3 is 2.74 bits per heavy atom. The molecule has 0 radical (unpaired) electrons. The van der Waals surface area contributed by atoms with Crippen LogP contribution in [0.4, 0.5) is 5.69 Å². The van der Waals surface area contributed by atoms with Crippen LogP contribution in [0.3, 0.4) is 0 Å². The van der Waals surface area contributed by atoms with Gasteiger partial charge in [-0.1, -0.05) is 26.2 Å². The van der Waals surface area contributed by atoms with Crippen LogP contribution in [0, 0.1) is 0 Å². The predicted molar refractivity (Wildman–Crippen MR) is 92.1 cm³/mol. The second-order valence-corrected chi connectivity index (χ2v) is 7.79. The van der Waals surface area contributed by atoms with E-state index in [-0.39, 0.29) is 10.8 Å². The zero-order valence-electron chi connectivity index (χ0n) is 14.0. The van der Waals surface area contributed by atoms with E-state index in [2.05, 4.69) is 11.6 Å². The smallest absolute Gasteiger partial charge is 0.240 e. The van der Waals surface area contributed by atoms with Gasteiger partial charge in [-0.05, 0) is 43.0 Å². The largest absolute Gasteiger partial charge is 0.312 e. The molecule has 1 aliphatic rings. The number of rotatable bonds is 7. The van der Waals surface area contributed by atoms with Crippen LogP contribution in [0.25, 0.3) is 0 Å². The summed E-state index contributed by atoms with van der Waals surface area (Å²) in [5, 5.41) is 0. The second-order valence-electron chi connectivity index (χ2n) is 6.02. The molecule has 0 saturated heterocycles. The first-order valence-electron chi connectivity index (χ1n) is 8.36. The van der Waals surface area contributed by atoms with E-state index in [9.17, 15) is 13.2 Å². The normalized spacial score (nSPS) is 14.6. The van der Waals surface area contributed by atoms with E-state index in [1.54, 1.807) is 23.1 Å². The molecular weight excluding hydrogens is 312 g/mol. The Labute approximate surface area is 139 Å². The number of carbonyl (C=O) groups is 1. The van der Waals surface area contributed by atoms with E-state index in [0.29, 0.717) is 13.1 Å². The van der Waals surface area contributed by atoms with Crippen molar-refractivity contribution in [3.8, 4) is 0 Å². The number of benzene rings is 1. The Hall–Kier alpha value is -1.40. The molecule has 0 saturated carbocycles. The molecule has 1 aromatic carbocycles. The van der Waals surface area contributed by atoms with Crippen molar-refractivity contribution in [2.75, 3.05) is 18.0 Å². The molecule has 0 bridgehead atoms. The lowest BCUT2D eigenvalue weighted by molar-refractivity contribution is -0.116. The summed E-state index contributed by atoms with van der Waals surface area (Å²) >= 11 is 0. The monoisotopic (exact) mass is 338 g/mol. The molecule has 1 amide bonds. The van der Waals surface area contributed by atoms with E-state index in [0.717, 1.165) is 49.8 Å². The number of amides is 1. The molecule has 128 valence electrons. The van der Waals surface area contributed by atoms with Crippen molar-refractivity contribution in [3.05, 3.63) is 23.8 Å². The number of carbonyl (C=O) groups excluding carboxylic acids is 1. The molecule has 1 aliphatic heterocycles. The average molecular weight is 338 g/mol. The standard InChI is InChI=1S/C17H26N2O3S/c1-3-4-5-6-11-18-23(21,22)16-9-10-17-15(13-16)8-7-12-19(17)14(2)20/h9-10,13,18H,3-8,11-12H2,1-2H3. The second kappa shape index (κ2) is 7.93. The van der Waals surface area contributed by atoms with Crippen molar-refractivity contribution < 1.29 is 13.2 Å². The van der Waals surface area contributed by atoms with Gasteiger partial charge >= 0.3 is 0 Å². The van der Waals surface area contributed by atoms with Crippen LogP contribution in [0.5, 0.6) is 0 Å². The number of nitrogens with zero attached hydrogens (tertiary/aromatic N) is 1. The Balaban J connectivity index is 2.10. The zero-order chi connectivity index (χ0) is 16.9. The summed E-state index contributed by atoms with van der Waals surface area (Å²) in [5.74, 6) is -0.00407. The highest BCUT2D eigenvalue weighted by Crippen LogP contribution is 2.29. The van der Waals surface area contributed by atoms with E-state index >= 15 is 0 Å². The molecule has 2 rings (SSSR count). The lowest BCUT2D eigenvalue weighted by Gasteiger charge is -2.28. The van der Waals surface area contributed by atoms with Crippen LogP contribution >= 0.6 is 0 Å². The quantitative estimate of drug-likeness (QED) is 0.778. The fraction of sp³-hybridized carbons (Fsp3) is 0.588. The van der Waals surface area contributed by atoms with Crippen molar-refractivity contribution in [2.24, 2.45) is 0 Å². The molecule has 23 heavy (non-hydrogen) atoms. The highest BCUT2D eigenvalue weighted by molar-refractivity contribution is 7.89. The molecular formula is C17H26N2O3S. The van der Waals surface area contributed by atoms with Gasteiger partial charge in [-0.25, -0.2) is 13.1 Å². The lowest BCUT2D eigenvalue weighted by atomic mass is 10.0. The highest BCUT2D eigenvalue weighted by atomic mass is 32.2. The molecule has 0 atom stereocenters. The molecule has 0 spiro atoms. The van der Waals surface area contributed by atoms with Gasteiger partial charge in [-0.3, -0.25) is 4.79 Å². The van der Waals surface area contributed by atoms with E-state index in [4.69, 9.17) is 0 Å². The number of hydrogen-bond donors (Lipinski definition) is 1. The maximum atomic E-state index is 12.4. The molecule has 0 fully saturated rings. The summed E-state index contributed by atoms with van der Waals surface area (Å²) in [6, 6.07) is 5.05. The summed E-state index contributed by atoms with van der Waals surface area (Å²) in [5.41, 5.74) is 1.77. The fourth-order valence-electron chi connectivity index (χ4n) is 2.91. The Bertz CT molecular complexity index is 656. The Morgan fingerprint density at radius 1 is 1.26 bits per heavy atom.